The monoisotopic (exact) mass is 873 g/mol. The van der Waals surface area contributed by atoms with Crippen LogP contribution in [0.3, 0.4) is 0 Å². The summed E-state index contributed by atoms with van der Waals surface area (Å²) in [5.74, 6) is -2.33. The molecular weight excluding hydrogens is 815 g/mol. The van der Waals surface area contributed by atoms with Gasteiger partial charge in [-0.05, 0) is 87.3 Å². The predicted molar refractivity (Wildman–Crippen MR) is 231 cm³/mol. The van der Waals surface area contributed by atoms with Crippen molar-refractivity contribution in [2.24, 2.45) is 17.6 Å². The standard InChI is InChI=1S/C44H59N9O10/c1-26(40(56)49-27(2)41(57)53-37(24-38(45)54)43(59)50-32-12-9-28(10-13-32)25-63-44(60)46-3)48-39(55)15-17-61-19-20-62-18-16-47-42(58)31-11-14-33-34(23-31)52-36-22-30-8-6-4-5-7-29(30)21-35(36)51-33/h9-14,23,26-27,29-30,37H,4-8,15-22,24-25H2,1-3H3,(H2,45,54)(H,46,60)(H,47,58)(H,48,55)(H,49,56)(H,50,59)(H,53,57)/t26-,27-,29?,30?,37-/m0/s1. The fourth-order valence-corrected chi connectivity index (χ4v) is 7.54. The first-order valence-electron chi connectivity index (χ1n) is 21.5. The van der Waals surface area contributed by atoms with E-state index < -0.39 is 60.2 Å². The average Bonchev–Trinajstić information content (AvgIpc) is 3.50. The molecule has 2 aliphatic rings. The summed E-state index contributed by atoms with van der Waals surface area (Å²) in [6.07, 6.45) is 7.22. The predicted octanol–water partition coefficient (Wildman–Crippen LogP) is 1.94. The maximum Gasteiger partial charge on any atom is 0.407 e. The Morgan fingerprint density at radius 3 is 2.05 bits per heavy atom. The smallest absolute Gasteiger partial charge is 0.407 e. The third-order valence-corrected chi connectivity index (χ3v) is 11.0. The number of hydrogen-bond donors (Lipinski definition) is 7. The molecular formula is C44H59N9O10. The Labute approximate surface area is 366 Å². The van der Waals surface area contributed by atoms with E-state index in [1.165, 1.54) is 53.0 Å². The second-order valence-corrected chi connectivity index (χ2v) is 15.9. The van der Waals surface area contributed by atoms with Crippen molar-refractivity contribution in [2.45, 2.75) is 96.4 Å². The lowest BCUT2D eigenvalue weighted by atomic mass is 9.77. The molecule has 0 saturated heterocycles. The zero-order chi connectivity index (χ0) is 45.3. The van der Waals surface area contributed by atoms with E-state index in [0.717, 1.165) is 35.3 Å². The number of amides is 7. The summed E-state index contributed by atoms with van der Waals surface area (Å²) in [5, 5.41) is 15.2. The molecule has 1 fully saturated rings. The molecule has 8 N–H and O–H groups in total. The molecule has 0 radical (unpaired) electrons. The van der Waals surface area contributed by atoms with Crippen molar-refractivity contribution in [1.29, 1.82) is 0 Å². The Kier molecular flexibility index (Phi) is 18.1. The minimum absolute atomic E-state index is 0.00313. The van der Waals surface area contributed by atoms with Crippen LogP contribution in [0, 0.1) is 11.8 Å². The van der Waals surface area contributed by atoms with Gasteiger partial charge in [0.2, 0.25) is 29.5 Å². The van der Waals surface area contributed by atoms with Crippen LogP contribution in [0.2, 0.25) is 0 Å². The van der Waals surface area contributed by atoms with Gasteiger partial charge in [-0.15, -0.1) is 0 Å². The molecule has 1 aromatic heterocycles. The molecule has 0 aliphatic heterocycles. The number of aromatic nitrogens is 2. The first-order valence-corrected chi connectivity index (χ1v) is 21.5. The van der Waals surface area contributed by atoms with Crippen LogP contribution in [0.25, 0.3) is 11.0 Å². The van der Waals surface area contributed by atoms with E-state index in [1.807, 2.05) is 6.07 Å². The minimum Gasteiger partial charge on any atom is -0.445 e. The third-order valence-electron chi connectivity index (χ3n) is 11.0. The van der Waals surface area contributed by atoms with Gasteiger partial charge in [-0.3, -0.25) is 28.8 Å². The second kappa shape index (κ2) is 23.9. The van der Waals surface area contributed by atoms with E-state index in [1.54, 1.807) is 36.4 Å². The van der Waals surface area contributed by atoms with E-state index in [0.29, 0.717) is 28.7 Å². The van der Waals surface area contributed by atoms with E-state index in [2.05, 4.69) is 31.9 Å². The zero-order valence-electron chi connectivity index (χ0n) is 36.1. The number of nitrogens with one attached hydrogen (secondary N) is 6. The van der Waals surface area contributed by atoms with Gasteiger partial charge in [-0.1, -0.05) is 31.4 Å². The molecule has 0 bridgehead atoms. The molecule has 2 unspecified atom stereocenters. The number of alkyl carbamates (subject to hydrolysis) is 1. The summed E-state index contributed by atoms with van der Waals surface area (Å²) < 4.78 is 16.0. The largest absolute Gasteiger partial charge is 0.445 e. The van der Waals surface area contributed by atoms with E-state index >= 15 is 0 Å². The van der Waals surface area contributed by atoms with Crippen LogP contribution in [-0.4, -0.2) is 110 Å². The Bertz CT molecular complexity index is 2100. The molecule has 5 atom stereocenters. The number of benzene rings is 2. The van der Waals surface area contributed by atoms with Gasteiger partial charge in [0.25, 0.3) is 5.91 Å². The second-order valence-electron chi connectivity index (χ2n) is 15.9. The highest BCUT2D eigenvalue weighted by Gasteiger charge is 2.32. The van der Waals surface area contributed by atoms with Crippen molar-refractivity contribution in [3.8, 4) is 0 Å². The van der Waals surface area contributed by atoms with Crippen LogP contribution in [0.5, 0.6) is 0 Å². The zero-order valence-corrected chi connectivity index (χ0v) is 36.1. The molecule has 5 rings (SSSR count). The van der Waals surface area contributed by atoms with Crippen molar-refractivity contribution in [3.05, 3.63) is 65.0 Å². The van der Waals surface area contributed by atoms with Crippen molar-refractivity contribution < 1.29 is 47.8 Å². The number of carbonyl (C=O) groups is 7. The number of carbonyl (C=O) groups excluding carboxylic acids is 7. The average molecular weight is 874 g/mol. The summed E-state index contributed by atoms with van der Waals surface area (Å²) in [6.45, 7) is 3.87. The molecule has 2 aliphatic carbocycles. The Morgan fingerprint density at radius 1 is 0.746 bits per heavy atom. The fraction of sp³-hybridized carbons (Fsp3) is 0.523. The van der Waals surface area contributed by atoms with Crippen molar-refractivity contribution in [2.75, 3.05) is 45.3 Å². The van der Waals surface area contributed by atoms with Gasteiger partial charge in [-0.25, -0.2) is 14.8 Å². The van der Waals surface area contributed by atoms with Crippen LogP contribution in [0.15, 0.2) is 42.5 Å². The van der Waals surface area contributed by atoms with E-state index in [-0.39, 0.29) is 51.9 Å². The number of nitrogens with two attached hydrogens (primary N) is 1. The SMILES string of the molecule is CNC(=O)OCc1ccc(NC(=O)[C@H](CC(N)=O)NC(=O)[C@H](C)NC(=O)[C@H](C)NC(=O)CCOCCOCCNC(=O)c2ccc3nc4c(nc3c2)CC2CCCCCC2C4)cc1. The normalized spacial score (nSPS) is 17.0. The molecule has 1 saturated carbocycles. The van der Waals surface area contributed by atoms with Gasteiger partial charge in [0, 0.05) is 31.3 Å². The lowest BCUT2D eigenvalue weighted by Crippen LogP contribution is -2.55. The lowest BCUT2D eigenvalue weighted by Gasteiger charge is -2.30. The maximum atomic E-state index is 13.0. The van der Waals surface area contributed by atoms with Crippen molar-refractivity contribution in [1.82, 2.24) is 36.6 Å². The summed E-state index contributed by atoms with van der Waals surface area (Å²) in [6, 6.07) is 8.23. The molecule has 3 aromatic rings. The number of primary amides is 1. The highest BCUT2D eigenvalue weighted by molar-refractivity contribution is 6.01. The summed E-state index contributed by atoms with van der Waals surface area (Å²) >= 11 is 0. The van der Waals surface area contributed by atoms with E-state index in [4.69, 9.17) is 29.9 Å². The molecule has 0 spiro atoms. The van der Waals surface area contributed by atoms with Crippen LogP contribution < -0.4 is 37.6 Å². The van der Waals surface area contributed by atoms with Crippen LogP contribution in [0.1, 0.15) is 86.1 Å². The van der Waals surface area contributed by atoms with Gasteiger partial charge in [0.15, 0.2) is 0 Å². The van der Waals surface area contributed by atoms with E-state index in [9.17, 15) is 33.6 Å². The molecule has 63 heavy (non-hydrogen) atoms. The lowest BCUT2D eigenvalue weighted by molar-refractivity contribution is -0.133. The number of anilines is 1. The van der Waals surface area contributed by atoms with Gasteiger partial charge in [-0.2, -0.15) is 0 Å². The Hall–Kier alpha value is -6.21. The Balaban J connectivity index is 0.929. The first kappa shape index (κ1) is 47.8. The summed E-state index contributed by atoms with van der Waals surface area (Å²) in [4.78, 5) is 96.8. The molecule has 340 valence electrons. The quantitative estimate of drug-likeness (QED) is 0.0758. The number of ether oxygens (including phenoxy) is 3. The van der Waals surface area contributed by atoms with Crippen LogP contribution in [-0.2, 0) is 57.6 Å². The Morgan fingerprint density at radius 2 is 1.38 bits per heavy atom. The topological polar surface area (TPSA) is 271 Å². The highest BCUT2D eigenvalue weighted by atomic mass is 16.5. The molecule has 2 aromatic carbocycles. The number of rotatable bonds is 21. The highest BCUT2D eigenvalue weighted by Crippen LogP contribution is 2.38. The summed E-state index contributed by atoms with van der Waals surface area (Å²) in [7, 11) is 1.43. The number of hydrogen-bond acceptors (Lipinski definition) is 12. The van der Waals surface area contributed by atoms with Gasteiger partial charge >= 0.3 is 6.09 Å². The summed E-state index contributed by atoms with van der Waals surface area (Å²) in [5.41, 5.74) is 10.5. The maximum absolute atomic E-state index is 13.0. The molecule has 19 nitrogen and oxygen atoms in total. The van der Waals surface area contributed by atoms with Gasteiger partial charge in [0.1, 0.15) is 24.7 Å². The van der Waals surface area contributed by atoms with Gasteiger partial charge < -0.3 is 51.8 Å². The molecule has 1 heterocycles. The van der Waals surface area contributed by atoms with Gasteiger partial charge in [0.05, 0.1) is 55.3 Å². The third kappa shape index (κ3) is 15.0. The van der Waals surface area contributed by atoms with Crippen LogP contribution in [0.4, 0.5) is 10.5 Å². The number of nitrogens with zero attached hydrogens (tertiary/aromatic N) is 2. The molecule has 19 heteroatoms. The first-order chi connectivity index (χ1) is 30.3. The van der Waals surface area contributed by atoms with Crippen molar-refractivity contribution >= 4 is 58.3 Å². The minimum atomic E-state index is -1.36. The van der Waals surface area contributed by atoms with Crippen molar-refractivity contribution in [3.63, 3.8) is 0 Å². The van der Waals surface area contributed by atoms with Crippen LogP contribution >= 0.6 is 0 Å². The fourth-order valence-electron chi connectivity index (χ4n) is 7.54. The number of fused-ring (bicyclic) bond motifs is 3. The molecule has 7 amide bonds.